The predicted molar refractivity (Wildman–Crippen MR) is 109 cm³/mol. The van der Waals surface area contributed by atoms with Crippen molar-refractivity contribution in [2.45, 2.75) is 24.6 Å². The molecule has 3 rings (SSSR count). The van der Waals surface area contributed by atoms with E-state index in [1.807, 2.05) is 31.2 Å². The third kappa shape index (κ3) is 4.43. The van der Waals surface area contributed by atoms with Gasteiger partial charge in [0.25, 0.3) is 10.0 Å². The first-order valence-electron chi connectivity index (χ1n) is 8.22. The summed E-state index contributed by atoms with van der Waals surface area (Å²) in [6.07, 6.45) is 0. The molecule has 0 spiro atoms. The number of nitrogens with zero attached hydrogens (tertiary/aromatic N) is 2. The van der Waals surface area contributed by atoms with Crippen LogP contribution in [0.2, 0.25) is 0 Å². The minimum atomic E-state index is -3.58. The zero-order valence-electron chi connectivity index (χ0n) is 15.1. The van der Waals surface area contributed by atoms with E-state index in [1.54, 1.807) is 19.1 Å². The number of oxazole rings is 1. The van der Waals surface area contributed by atoms with Crippen LogP contribution in [0.4, 0.5) is 0 Å². The van der Waals surface area contributed by atoms with Crippen LogP contribution in [0.1, 0.15) is 18.4 Å². The number of benzene rings is 1. The second-order valence-electron chi connectivity index (χ2n) is 5.80. The molecule has 0 unspecified atom stereocenters. The molecule has 27 heavy (non-hydrogen) atoms. The molecule has 2 aromatic heterocycles. The van der Waals surface area contributed by atoms with Gasteiger partial charge in [-0.1, -0.05) is 0 Å². The smallest absolute Gasteiger partial charge is 0.252 e. The Bertz CT molecular complexity index is 1030. The number of ether oxygens (including phenoxy) is 1. The van der Waals surface area contributed by atoms with Gasteiger partial charge < -0.3 is 9.15 Å². The molecule has 3 aromatic rings. The molecule has 144 valence electrons. The minimum absolute atomic E-state index is 0.129. The van der Waals surface area contributed by atoms with Crippen LogP contribution in [0.15, 0.2) is 48.8 Å². The van der Waals surface area contributed by atoms with Crippen molar-refractivity contribution in [2.75, 3.05) is 13.7 Å². The van der Waals surface area contributed by atoms with Crippen molar-refractivity contribution < 1.29 is 17.6 Å². The number of aromatic nitrogens is 1. The largest absolute Gasteiger partial charge is 0.494 e. The van der Waals surface area contributed by atoms with Gasteiger partial charge in [-0.05, 0) is 66.2 Å². The lowest BCUT2D eigenvalue weighted by atomic mass is 10.2. The zero-order chi connectivity index (χ0) is 19.6. The Morgan fingerprint density at radius 1 is 1.22 bits per heavy atom. The van der Waals surface area contributed by atoms with E-state index in [1.165, 1.54) is 22.7 Å². The first-order valence-corrected chi connectivity index (χ1v) is 11.3. The number of rotatable bonds is 7. The standard InChI is InChI=1S/C18H19BrN2O4S2/c1-4-24-14-7-5-13(6-8-14)18-20-15(12(2)25-18)11-21(3)27(22,23)17-10-9-16(19)26-17/h5-10H,4,11H2,1-3H3. The van der Waals surface area contributed by atoms with Crippen LogP contribution in [0.3, 0.4) is 0 Å². The SMILES string of the molecule is CCOc1ccc(-c2nc(CN(C)S(=O)(=O)c3ccc(Br)s3)c(C)o2)cc1. The number of sulfonamides is 1. The predicted octanol–water partition coefficient (Wildman–Crippen LogP) is 4.69. The monoisotopic (exact) mass is 470 g/mol. The maximum atomic E-state index is 12.7. The number of thiophene rings is 1. The second-order valence-corrected chi connectivity index (χ2v) is 10.5. The van der Waals surface area contributed by atoms with Crippen LogP contribution in [-0.2, 0) is 16.6 Å². The number of hydrogen-bond acceptors (Lipinski definition) is 6. The van der Waals surface area contributed by atoms with Crippen LogP contribution in [0.5, 0.6) is 5.75 Å². The van der Waals surface area contributed by atoms with Crippen LogP contribution in [0.25, 0.3) is 11.5 Å². The molecule has 0 saturated carbocycles. The molecule has 0 aliphatic carbocycles. The number of aryl methyl sites for hydroxylation is 1. The van der Waals surface area contributed by atoms with E-state index in [0.717, 1.165) is 15.1 Å². The summed E-state index contributed by atoms with van der Waals surface area (Å²) in [5.74, 6) is 1.82. The van der Waals surface area contributed by atoms with Crippen molar-refractivity contribution in [3.8, 4) is 17.2 Å². The Hall–Kier alpha value is -1.68. The fourth-order valence-corrected chi connectivity index (χ4v) is 5.80. The molecule has 2 heterocycles. The van der Waals surface area contributed by atoms with Gasteiger partial charge in [0.2, 0.25) is 5.89 Å². The van der Waals surface area contributed by atoms with E-state index < -0.39 is 10.0 Å². The van der Waals surface area contributed by atoms with Crippen LogP contribution >= 0.6 is 27.3 Å². The summed E-state index contributed by atoms with van der Waals surface area (Å²) < 4.78 is 38.9. The average molecular weight is 471 g/mol. The summed E-state index contributed by atoms with van der Waals surface area (Å²) in [5, 5.41) is 0. The molecule has 0 aliphatic heterocycles. The summed E-state index contributed by atoms with van der Waals surface area (Å²) >= 11 is 4.47. The third-order valence-corrected chi connectivity index (χ3v) is 7.78. The van der Waals surface area contributed by atoms with Crippen molar-refractivity contribution >= 4 is 37.3 Å². The van der Waals surface area contributed by atoms with Crippen LogP contribution < -0.4 is 4.74 Å². The highest BCUT2D eigenvalue weighted by Crippen LogP contribution is 2.29. The Labute approximate surface area is 171 Å². The molecular weight excluding hydrogens is 452 g/mol. The highest BCUT2D eigenvalue weighted by Gasteiger charge is 2.25. The van der Waals surface area contributed by atoms with E-state index in [4.69, 9.17) is 9.15 Å². The van der Waals surface area contributed by atoms with E-state index in [9.17, 15) is 8.42 Å². The van der Waals surface area contributed by atoms with Crippen LogP contribution in [-0.4, -0.2) is 31.4 Å². The fraction of sp³-hybridized carbons (Fsp3) is 0.278. The summed E-state index contributed by atoms with van der Waals surface area (Å²) in [6, 6.07) is 10.7. The zero-order valence-corrected chi connectivity index (χ0v) is 18.3. The maximum Gasteiger partial charge on any atom is 0.252 e. The Morgan fingerprint density at radius 3 is 2.52 bits per heavy atom. The van der Waals surface area contributed by atoms with E-state index >= 15 is 0 Å². The molecule has 6 nitrogen and oxygen atoms in total. The van der Waals surface area contributed by atoms with E-state index in [-0.39, 0.29) is 10.8 Å². The van der Waals surface area contributed by atoms with Gasteiger partial charge in [-0.25, -0.2) is 13.4 Å². The normalized spacial score (nSPS) is 11.9. The lowest BCUT2D eigenvalue weighted by molar-refractivity contribution is 0.340. The van der Waals surface area contributed by atoms with E-state index in [0.29, 0.717) is 24.0 Å². The average Bonchev–Trinajstić information content (AvgIpc) is 3.22. The van der Waals surface area contributed by atoms with Gasteiger partial charge in [0.15, 0.2) is 0 Å². The van der Waals surface area contributed by atoms with Crippen molar-refractivity contribution in [2.24, 2.45) is 0 Å². The lowest BCUT2D eigenvalue weighted by Gasteiger charge is -2.14. The van der Waals surface area contributed by atoms with Gasteiger partial charge in [0, 0.05) is 12.6 Å². The first-order chi connectivity index (χ1) is 12.8. The molecule has 0 N–H and O–H groups in total. The van der Waals surface area contributed by atoms with Gasteiger partial charge in [-0.15, -0.1) is 11.3 Å². The molecule has 0 saturated heterocycles. The quantitative estimate of drug-likeness (QED) is 0.500. The fourth-order valence-electron chi connectivity index (χ4n) is 2.44. The van der Waals surface area contributed by atoms with Gasteiger partial charge in [-0.3, -0.25) is 0 Å². The van der Waals surface area contributed by atoms with Crippen molar-refractivity contribution in [1.82, 2.24) is 9.29 Å². The molecule has 0 fully saturated rings. The third-order valence-electron chi connectivity index (χ3n) is 3.89. The van der Waals surface area contributed by atoms with Crippen molar-refractivity contribution in [3.05, 3.63) is 51.6 Å². The molecule has 0 atom stereocenters. The molecule has 0 bridgehead atoms. The molecule has 0 radical (unpaired) electrons. The molecule has 0 aliphatic rings. The summed E-state index contributed by atoms with van der Waals surface area (Å²) in [4.78, 5) is 4.49. The summed E-state index contributed by atoms with van der Waals surface area (Å²) in [7, 11) is -2.04. The first kappa shape index (κ1) is 20.1. The maximum absolute atomic E-state index is 12.7. The van der Waals surface area contributed by atoms with Gasteiger partial charge >= 0.3 is 0 Å². The number of halogens is 1. The van der Waals surface area contributed by atoms with Crippen molar-refractivity contribution in [3.63, 3.8) is 0 Å². The van der Waals surface area contributed by atoms with E-state index in [2.05, 4.69) is 20.9 Å². The highest BCUT2D eigenvalue weighted by atomic mass is 79.9. The van der Waals surface area contributed by atoms with Gasteiger partial charge in [0.1, 0.15) is 15.7 Å². The van der Waals surface area contributed by atoms with Crippen molar-refractivity contribution in [1.29, 1.82) is 0 Å². The van der Waals surface area contributed by atoms with Gasteiger partial charge in [0.05, 0.1) is 22.6 Å². The van der Waals surface area contributed by atoms with Gasteiger partial charge in [-0.2, -0.15) is 4.31 Å². The highest BCUT2D eigenvalue weighted by molar-refractivity contribution is 9.11. The second kappa shape index (κ2) is 8.14. The minimum Gasteiger partial charge on any atom is -0.494 e. The van der Waals surface area contributed by atoms with Crippen LogP contribution in [0, 0.1) is 6.92 Å². The number of hydrogen-bond donors (Lipinski definition) is 0. The summed E-state index contributed by atoms with van der Waals surface area (Å²) in [6.45, 7) is 4.44. The lowest BCUT2D eigenvalue weighted by Crippen LogP contribution is -2.26. The Morgan fingerprint density at radius 2 is 1.93 bits per heavy atom. The molecule has 0 amide bonds. The Kier molecular flexibility index (Phi) is 6.05. The molecular formula is C18H19BrN2O4S2. The Balaban J connectivity index is 1.80. The topological polar surface area (TPSA) is 72.6 Å². The molecule has 9 heteroatoms. The molecule has 1 aromatic carbocycles. The summed E-state index contributed by atoms with van der Waals surface area (Å²) in [5.41, 5.74) is 1.39.